The molecule has 0 saturated carbocycles. The standard InChI is InChI=1S/C20H23NO3S/c1-4-13-9-10-15-16(11-13)25-19(17(15)20(23)24-3)21-18(22)14-8-6-5-7-12(14)2/h5-8,13H,4,9-11H2,1-3H3,(H,21,22). The van der Waals surface area contributed by atoms with Gasteiger partial charge in [0.15, 0.2) is 0 Å². The number of thiophene rings is 1. The largest absolute Gasteiger partial charge is 0.465 e. The normalized spacial score (nSPS) is 16.2. The summed E-state index contributed by atoms with van der Waals surface area (Å²) in [6.07, 6.45) is 4.06. The molecule has 0 saturated heterocycles. The summed E-state index contributed by atoms with van der Waals surface area (Å²) >= 11 is 1.52. The van der Waals surface area contributed by atoms with Crippen LogP contribution in [0.15, 0.2) is 24.3 Å². The average Bonchev–Trinajstić information content (AvgIpc) is 2.98. The molecule has 4 nitrogen and oxygen atoms in total. The molecule has 3 rings (SSSR count). The fraction of sp³-hybridized carbons (Fsp3) is 0.400. The van der Waals surface area contributed by atoms with Gasteiger partial charge in [-0.25, -0.2) is 4.79 Å². The minimum absolute atomic E-state index is 0.186. The highest BCUT2D eigenvalue weighted by Gasteiger charge is 2.29. The number of hydrogen-bond acceptors (Lipinski definition) is 4. The van der Waals surface area contributed by atoms with Crippen molar-refractivity contribution in [2.75, 3.05) is 12.4 Å². The molecule has 1 N–H and O–H groups in total. The van der Waals surface area contributed by atoms with E-state index in [1.165, 1.54) is 23.3 Å². The third-order valence-electron chi connectivity index (χ3n) is 4.95. The zero-order valence-electron chi connectivity index (χ0n) is 14.8. The van der Waals surface area contributed by atoms with Gasteiger partial charge in [-0.15, -0.1) is 11.3 Å². The van der Waals surface area contributed by atoms with Crippen LogP contribution < -0.4 is 5.32 Å². The second-order valence-electron chi connectivity index (χ2n) is 6.49. The van der Waals surface area contributed by atoms with E-state index in [4.69, 9.17) is 4.74 Å². The van der Waals surface area contributed by atoms with Gasteiger partial charge >= 0.3 is 5.97 Å². The van der Waals surface area contributed by atoms with Crippen LogP contribution in [0.25, 0.3) is 0 Å². The Labute approximate surface area is 152 Å². The molecule has 1 aliphatic carbocycles. The first-order valence-electron chi connectivity index (χ1n) is 8.65. The van der Waals surface area contributed by atoms with Crippen LogP contribution in [0.3, 0.4) is 0 Å². The first kappa shape index (κ1) is 17.7. The molecule has 1 aromatic heterocycles. The van der Waals surface area contributed by atoms with Gasteiger partial charge in [0, 0.05) is 10.4 Å². The quantitative estimate of drug-likeness (QED) is 0.813. The first-order chi connectivity index (χ1) is 12.0. The second kappa shape index (κ2) is 7.40. The number of methoxy groups -OCH3 is 1. The van der Waals surface area contributed by atoms with E-state index in [1.807, 2.05) is 25.1 Å². The van der Waals surface area contributed by atoms with E-state index in [-0.39, 0.29) is 11.9 Å². The number of esters is 1. The van der Waals surface area contributed by atoms with E-state index in [0.717, 1.165) is 36.8 Å². The predicted octanol–water partition coefficient (Wildman–Crippen LogP) is 4.61. The summed E-state index contributed by atoms with van der Waals surface area (Å²) in [6.45, 7) is 4.10. The zero-order valence-corrected chi connectivity index (χ0v) is 15.7. The molecule has 0 bridgehead atoms. The van der Waals surface area contributed by atoms with Crippen LogP contribution in [-0.4, -0.2) is 19.0 Å². The third-order valence-corrected chi connectivity index (χ3v) is 6.12. The van der Waals surface area contributed by atoms with Crippen LogP contribution in [-0.2, 0) is 17.6 Å². The molecule has 1 aliphatic rings. The molecule has 1 atom stereocenters. The summed E-state index contributed by atoms with van der Waals surface area (Å²) < 4.78 is 4.98. The Kier molecular flexibility index (Phi) is 5.23. The van der Waals surface area contributed by atoms with Gasteiger partial charge in [-0.2, -0.15) is 0 Å². The Bertz CT molecular complexity index is 809. The molecule has 1 unspecified atom stereocenters. The van der Waals surface area contributed by atoms with E-state index < -0.39 is 0 Å². The highest BCUT2D eigenvalue weighted by molar-refractivity contribution is 7.17. The van der Waals surface area contributed by atoms with Gasteiger partial charge < -0.3 is 10.1 Å². The van der Waals surface area contributed by atoms with Crippen molar-refractivity contribution in [3.63, 3.8) is 0 Å². The Morgan fingerprint density at radius 2 is 2.08 bits per heavy atom. The van der Waals surface area contributed by atoms with Crippen molar-refractivity contribution in [3.8, 4) is 0 Å². The maximum Gasteiger partial charge on any atom is 0.341 e. The van der Waals surface area contributed by atoms with Crippen molar-refractivity contribution in [1.82, 2.24) is 0 Å². The van der Waals surface area contributed by atoms with Crippen LogP contribution in [0, 0.1) is 12.8 Å². The topological polar surface area (TPSA) is 55.4 Å². The van der Waals surface area contributed by atoms with Gasteiger partial charge in [-0.1, -0.05) is 31.5 Å². The van der Waals surface area contributed by atoms with Crippen molar-refractivity contribution < 1.29 is 14.3 Å². The van der Waals surface area contributed by atoms with E-state index in [1.54, 1.807) is 6.07 Å². The molecule has 1 aromatic carbocycles. The Morgan fingerprint density at radius 1 is 1.32 bits per heavy atom. The third kappa shape index (κ3) is 3.47. The predicted molar refractivity (Wildman–Crippen MR) is 101 cm³/mol. The van der Waals surface area contributed by atoms with Crippen LogP contribution in [0.2, 0.25) is 0 Å². The molecule has 25 heavy (non-hydrogen) atoms. The summed E-state index contributed by atoms with van der Waals surface area (Å²) in [5, 5.41) is 3.56. The number of benzene rings is 1. The lowest BCUT2D eigenvalue weighted by atomic mass is 9.85. The molecule has 1 heterocycles. The van der Waals surface area contributed by atoms with Crippen molar-refractivity contribution in [3.05, 3.63) is 51.4 Å². The van der Waals surface area contributed by atoms with Crippen molar-refractivity contribution in [1.29, 1.82) is 0 Å². The van der Waals surface area contributed by atoms with E-state index in [0.29, 0.717) is 22.0 Å². The van der Waals surface area contributed by atoms with Crippen molar-refractivity contribution >= 4 is 28.2 Å². The lowest BCUT2D eigenvalue weighted by Crippen LogP contribution is -2.17. The molecule has 2 aromatic rings. The highest BCUT2D eigenvalue weighted by atomic mass is 32.1. The lowest BCUT2D eigenvalue weighted by Gasteiger charge is -2.20. The van der Waals surface area contributed by atoms with E-state index in [9.17, 15) is 9.59 Å². The number of rotatable bonds is 4. The summed E-state index contributed by atoms with van der Waals surface area (Å²) in [6, 6.07) is 7.44. The molecular formula is C20H23NO3S. The first-order valence-corrected chi connectivity index (χ1v) is 9.46. The number of carbonyl (C=O) groups is 2. The molecule has 5 heteroatoms. The maximum absolute atomic E-state index is 12.7. The number of aryl methyl sites for hydroxylation is 1. The SMILES string of the molecule is CCC1CCc2c(sc(NC(=O)c3ccccc3C)c2C(=O)OC)C1. The summed E-state index contributed by atoms with van der Waals surface area (Å²) in [5.41, 5.74) is 3.13. The van der Waals surface area contributed by atoms with Crippen molar-refractivity contribution in [2.45, 2.75) is 39.5 Å². The molecule has 0 radical (unpaired) electrons. The zero-order chi connectivity index (χ0) is 18.0. The lowest BCUT2D eigenvalue weighted by molar-refractivity contribution is 0.0601. The number of nitrogens with one attached hydrogen (secondary N) is 1. The van der Waals surface area contributed by atoms with Crippen LogP contribution >= 0.6 is 11.3 Å². The number of hydrogen-bond donors (Lipinski definition) is 1. The second-order valence-corrected chi connectivity index (χ2v) is 7.59. The molecular weight excluding hydrogens is 334 g/mol. The van der Waals surface area contributed by atoms with E-state index >= 15 is 0 Å². The monoisotopic (exact) mass is 357 g/mol. The molecule has 132 valence electrons. The average molecular weight is 357 g/mol. The smallest absolute Gasteiger partial charge is 0.341 e. The summed E-state index contributed by atoms with van der Waals surface area (Å²) in [4.78, 5) is 26.2. The summed E-state index contributed by atoms with van der Waals surface area (Å²) in [7, 11) is 1.39. The van der Waals surface area contributed by atoms with Gasteiger partial charge in [0.2, 0.25) is 0 Å². The maximum atomic E-state index is 12.7. The van der Waals surface area contributed by atoms with Gasteiger partial charge in [-0.05, 0) is 49.3 Å². The van der Waals surface area contributed by atoms with Gasteiger partial charge in [0.1, 0.15) is 5.00 Å². The van der Waals surface area contributed by atoms with Crippen LogP contribution in [0.5, 0.6) is 0 Å². The number of fused-ring (bicyclic) bond motifs is 1. The number of anilines is 1. The molecule has 0 aliphatic heterocycles. The molecule has 0 fully saturated rings. The Morgan fingerprint density at radius 3 is 2.76 bits per heavy atom. The van der Waals surface area contributed by atoms with Gasteiger partial charge in [-0.3, -0.25) is 4.79 Å². The Hall–Kier alpha value is -2.14. The molecule has 0 spiro atoms. The minimum Gasteiger partial charge on any atom is -0.465 e. The fourth-order valence-corrected chi connectivity index (χ4v) is 4.75. The van der Waals surface area contributed by atoms with E-state index in [2.05, 4.69) is 12.2 Å². The molecule has 1 amide bonds. The minimum atomic E-state index is -0.368. The fourth-order valence-electron chi connectivity index (χ4n) is 3.41. The van der Waals surface area contributed by atoms with Crippen LogP contribution in [0.4, 0.5) is 5.00 Å². The van der Waals surface area contributed by atoms with Gasteiger partial charge in [0.25, 0.3) is 5.91 Å². The Balaban J connectivity index is 1.96. The van der Waals surface area contributed by atoms with Gasteiger partial charge in [0.05, 0.1) is 12.7 Å². The summed E-state index contributed by atoms with van der Waals surface area (Å²) in [5.74, 6) is 0.0954. The van der Waals surface area contributed by atoms with Crippen LogP contribution in [0.1, 0.15) is 56.5 Å². The number of carbonyl (C=O) groups excluding carboxylic acids is 2. The number of ether oxygens (including phenoxy) is 1. The van der Waals surface area contributed by atoms with Crippen molar-refractivity contribution in [2.24, 2.45) is 5.92 Å². The number of amides is 1. The highest BCUT2D eigenvalue weighted by Crippen LogP contribution is 2.41.